The molecule has 0 aliphatic heterocycles. The van der Waals surface area contributed by atoms with E-state index < -0.39 is 28.5 Å². The van der Waals surface area contributed by atoms with Crippen molar-refractivity contribution in [3.8, 4) is 0 Å². The minimum Gasteiger partial charge on any atom is -0.352 e. The number of amides is 2. The van der Waals surface area contributed by atoms with Crippen LogP contribution in [0, 0.1) is 6.92 Å². The van der Waals surface area contributed by atoms with Crippen LogP contribution in [0.4, 0.5) is 5.69 Å². The lowest BCUT2D eigenvalue weighted by molar-refractivity contribution is -0.139. The van der Waals surface area contributed by atoms with Gasteiger partial charge in [-0.2, -0.15) is 0 Å². The summed E-state index contributed by atoms with van der Waals surface area (Å²) < 4.78 is 28.8. The highest BCUT2D eigenvalue weighted by Crippen LogP contribution is 2.30. The van der Waals surface area contributed by atoms with Crippen molar-refractivity contribution in [2.75, 3.05) is 10.8 Å². The van der Waals surface area contributed by atoms with Gasteiger partial charge in [-0.25, -0.2) is 8.42 Å². The van der Waals surface area contributed by atoms with Gasteiger partial charge in [-0.15, -0.1) is 0 Å². The number of nitrogens with zero attached hydrogens (tertiary/aromatic N) is 2. The van der Waals surface area contributed by atoms with Gasteiger partial charge in [-0.05, 0) is 74.7 Å². The monoisotopic (exact) mass is 623 g/mol. The minimum absolute atomic E-state index is 0.0111. The zero-order valence-corrected chi connectivity index (χ0v) is 25.8. The molecular weight excluding hydrogens is 593 g/mol. The van der Waals surface area contributed by atoms with Gasteiger partial charge in [0.05, 0.1) is 10.6 Å². The lowest BCUT2D eigenvalue weighted by atomic mass is 10.1. The summed E-state index contributed by atoms with van der Waals surface area (Å²) >= 11 is 18.7. The third-order valence-electron chi connectivity index (χ3n) is 6.57. The lowest BCUT2D eigenvalue weighted by Crippen LogP contribution is -2.52. The largest absolute Gasteiger partial charge is 0.352 e. The van der Waals surface area contributed by atoms with Crippen LogP contribution in [0.15, 0.2) is 71.6 Å². The zero-order valence-electron chi connectivity index (χ0n) is 22.7. The van der Waals surface area contributed by atoms with E-state index in [0.717, 1.165) is 4.31 Å². The van der Waals surface area contributed by atoms with E-state index in [2.05, 4.69) is 5.32 Å². The number of aryl methyl sites for hydroxylation is 1. The lowest BCUT2D eigenvalue weighted by Gasteiger charge is -2.33. The maximum Gasteiger partial charge on any atom is 0.264 e. The molecule has 0 unspecified atom stereocenters. The fraction of sp³-hybridized carbons (Fsp3) is 0.310. The van der Waals surface area contributed by atoms with Gasteiger partial charge in [0.15, 0.2) is 0 Å². The van der Waals surface area contributed by atoms with Gasteiger partial charge in [0.25, 0.3) is 10.0 Å². The molecule has 0 fully saturated rings. The van der Waals surface area contributed by atoms with E-state index >= 15 is 0 Å². The first kappa shape index (κ1) is 31.7. The van der Waals surface area contributed by atoms with Gasteiger partial charge < -0.3 is 10.2 Å². The second-order valence-corrected chi connectivity index (χ2v) is 12.6. The number of hydrogen-bond acceptors (Lipinski definition) is 4. The van der Waals surface area contributed by atoms with Gasteiger partial charge in [-0.3, -0.25) is 13.9 Å². The Morgan fingerprint density at radius 3 is 2.17 bits per heavy atom. The Balaban J connectivity index is 2.08. The molecule has 0 spiro atoms. The molecule has 0 heterocycles. The maximum atomic E-state index is 14.0. The van der Waals surface area contributed by atoms with Gasteiger partial charge >= 0.3 is 0 Å². The fourth-order valence-corrected chi connectivity index (χ4v) is 6.09. The van der Waals surface area contributed by atoms with Crippen LogP contribution in [0.1, 0.15) is 38.3 Å². The molecule has 40 heavy (non-hydrogen) atoms. The fourth-order valence-electron chi connectivity index (χ4n) is 3.97. The Hall–Kier alpha value is -2.78. The molecule has 2 amide bonds. The third kappa shape index (κ3) is 7.69. The number of benzene rings is 3. The van der Waals surface area contributed by atoms with Crippen LogP contribution in [0.2, 0.25) is 15.1 Å². The smallest absolute Gasteiger partial charge is 0.264 e. The first-order valence-corrected chi connectivity index (χ1v) is 15.3. The molecule has 0 aliphatic rings. The molecule has 3 aromatic carbocycles. The summed E-state index contributed by atoms with van der Waals surface area (Å²) in [6.07, 6.45) is 0.701. The summed E-state index contributed by atoms with van der Waals surface area (Å²) in [4.78, 5) is 28.5. The minimum atomic E-state index is -4.19. The highest BCUT2D eigenvalue weighted by Gasteiger charge is 2.33. The summed E-state index contributed by atoms with van der Waals surface area (Å²) in [6, 6.07) is 16.5. The Bertz CT molecular complexity index is 1470. The Labute approximate surface area is 251 Å². The molecule has 3 rings (SSSR count). The molecule has 0 aliphatic carbocycles. The van der Waals surface area contributed by atoms with Crippen molar-refractivity contribution >= 4 is 62.3 Å². The van der Waals surface area contributed by atoms with E-state index in [4.69, 9.17) is 34.8 Å². The predicted octanol–water partition coefficient (Wildman–Crippen LogP) is 6.48. The highest BCUT2D eigenvalue weighted by atomic mass is 35.5. The SMILES string of the molecule is CC[C@@H](C)NC(=O)[C@H](C)N(Cc1ccc(Cl)cc1Cl)C(=O)CN(c1cc(Cl)ccc1C)S(=O)(=O)c1ccccc1. The molecule has 11 heteroatoms. The first-order chi connectivity index (χ1) is 18.8. The molecule has 0 aromatic heterocycles. The van der Waals surface area contributed by atoms with Crippen LogP contribution in [-0.2, 0) is 26.2 Å². The number of halogens is 3. The second-order valence-electron chi connectivity index (χ2n) is 9.51. The zero-order chi connectivity index (χ0) is 29.6. The van der Waals surface area contributed by atoms with E-state index in [1.54, 1.807) is 62.4 Å². The number of carbonyl (C=O) groups is 2. The van der Waals surface area contributed by atoms with Crippen LogP contribution < -0.4 is 9.62 Å². The van der Waals surface area contributed by atoms with Crippen molar-refractivity contribution in [2.45, 2.75) is 57.6 Å². The molecule has 0 radical (unpaired) electrons. The Kier molecular flexibility index (Phi) is 10.9. The van der Waals surface area contributed by atoms with Crippen molar-refractivity contribution in [3.05, 3.63) is 92.9 Å². The highest BCUT2D eigenvalue weighted by molar-refractivity contribution is 7.92. The summed E-state index contributed by atoms with van der Waals surface area (Å²) in [7, 11) is -4.19. The van der Waals surface area contributed by atoms with E-state index in [0.29, 0.717) is 32.6 Å². The number of hydrogen-bond donors (Lipinski definition) is 1. The van der Waals surface area contributed by atoms with Crippen LogP contribution in [0.25, 0.3) is 0 Å². The molecular formula is C29H32Cl3N3O4S. The summed E-state index contributed by atoms with van der Waals surface area (Å²) in [5, 5.41) is 3.95. The topological polar surface area (TPSA) is 86.8 Å². The first-order valence-electron chi connectivity index (χ1n) is 12.7. The summed E-state index contributed by atoms with van der Waals surface area (Å²) in [5.41, 5.74) is 1.41. The van der Waals surface area contributed by atoms with E-state index in [1.165, 1.54) is 23.1 Å². The van der Waals surface area contributed by atoms with Crippen molar-refractivity contribution in [1.82, 2.24) is 10.2 Å². The van der Waals surface area contributed by atoms with Crippen molar-refractivity contribution < 1.29 is 18.0 Å². The number of carbonyl (C=O) groups excluding carboxylic acids is 2. The average Bonchev–Trinajstić information content (AvgIpc) is 2.92. The standard InChI is InChI=1S/C29H32Cl3N3O4S/c1-5-20(3)33-29(37)21(4)34(17-22-12-14-23(30)15-26(22)32)28(36)18-35(27-16-24(31)13-11-19(27)2)40(38,39)25-9-7-6-8-10-25/h6-16,20-21H,5,17-18H2,1-4H3,(H,33,37)/t20-,21+/m1/s1. The molecule has 1 N–H and O–H groups in total. The number of anilines is 1. The number of sulfonamides is 1. The van der Waals surface area contributed by atoms with E-state index in [1.807, 2.05) is 13.8 Å². The molecule has 7 nitrogen and oxygen atoms in total. The quantitative estimate of drug-likeness (QED) is 0.265. The molecule has 0 saturated heterocycles. The predicted molar refractivity (Wildman–Crippen MR) is 162 cm³/mol. The van der Waals surface area contributed by atoms with Crippen molar-refractivity contribution in [2.24, 2.45) is 0 Å². The van der Waals surface area contributed by atoms with Gasteiger partial charge in [0.2, 0.25) is 11.8 Å². The molecule has 0 saturated carbocycles. The normalized spacial score (nSPS) is 12.9. The van der Waals surface area contributed by atoms with Crippen LogP contribution >= 0.6 is 34.8 Å². The van der Waals surface area contributed by atoms with Gasteiger partial charge in [0.1, 0.15) is 12.6 Å². The van der Waals surface area contributed by atoms with Crippen LogP contribution in [0.3, 0.4) is 0 Å². The van der Waals surface area contributed by atoms with E-state index in [9.17, 15) is 18.0 Å². The second kappa shape index (κ2) is 13.7. The Morgan fingerprint density at radius 1 is 0.925 bits per heavy atom. The van der Waals surface area contributed by atoms with Crippen molar-refractivity contribution in [1.29, 1.82) is 0 Å². The maximum absolute atomic E-state index is 14.0. The number of rotatable bonds is 11. The molecule has 0 bridgehead atoms. The number of nitrogens with one attached hydrogen (secondary N) is 1. The van der Waals surface area contributed by atoms with Gasteiger partial charge in [-0.1, -0.05) is 72.1 Å². The molecule has 3 aromatic rings. The third-order valence-corrected chi connectivity index (χ3v) is 9.17. The molecule has 2 atom stereocenters. The molecule has 214 valence electrons. The van der Waals surface area contributed by atoms with Crippen molar-refractivity contribution in [3.63, 3.8) is 0 Å². The average molecular weight is 625 g/mol. The summed E-state index contributed by atoms with van der Waals surface area (Å²) in [5.74, 6) is -0.971. The Morgan fingerprint density at radius 2 is 1.55 bits per heavy atom. The summed E-state index contributed by atoms with van der Waals surface area (Å²) in [6.45, 7) is 6.51. The van der Waals surface area contributed by atoms with E-state index in [-0.39, 0.29) is 29.1 Å². The van der Waals surface area contributed by atoms with Crippen LogP contribution in [-0.4, -0.2) is 43.8 Å². The van der Waals surface area contributed by atoms with Gasteiger partial charge in [0, 0.05) is 27.7 Å². The van der Waals surface area contributed by atoms with Crippen LogP contribution in [0.5, 0.6) is 0 Å².